The van der Waals surface area contributed by atoms with Crippen LogP contribution in [-0.2, 0) is 35.2 Å². The van der Waals surface area contributed by atoms with Crippen LogP contribution in [0.1, 0.15) is 33.6 Å². The molecule has 1 aliphatic rings. The zero-order valence-electron chi connectivity index (χ0n) is 18.0. The summed E-state index contributed by atoms with van der Waals surface area (Å²) in [5.74, 6) is 0.329. The van der Waals surface area contributed by atoms with Crippen LogP contribution < -0.4 is 0 Å². The summed E-state index contributed by atoms with van der Waals surface area (Å²) in [6.45, 7) is 21.1. The molecule has 0 atom stereocenters. The van der Waals surface area contributed by atoms with Crippen LogP contribution in [0.4, 0.5) is 0 Å². The molecule has 167 valence electrons. The van der Waals surface area contributed by atoms with Crippen LogP contribution in [0.25, 0.3) is 4.85 Å². The van der Waals surface area contributed by atoms with E-state index in [4.69, 9.17) is 15.9 Å². The topological polar surface area (TPSA) is 115 Å². The molecule has 3 heterocycles. The van der Waals surface area contributed by atoms with Crippen molar-refractivity contribution < 1.29 is 35.2 Å². The fourth-order valence-electron chi connectivity index (χ4n) is 1.88. The van der Waals surface area contributed by atoms with Crippen LogP contribution in [0, 0.1) is 25.8 Å². The molecule has 0 saturated heterocycles. The number of hydrogen-bond acceptors (Lipinski definition) is 4. The third-order valence-corrected chi connectivity index (χ3v) is 3.45. The molecule has 1 saturated carbocycles. The van der Waals surface area contributed by atoms with E-state index >= 15 is 0 Å². The first-order valence-corrected chi connectivity index (χ1v) is 9.04. The Kier molecular flexibility index (Phi) is 17.2. The summed E-state index contributed by atoms with van der Waals surface area (Å²) < 4.78 is 20.9. The van der Waals surface area contributed by atoms with E-state index in [1.807, 2.05) is 59.1 Å². The molecule has 0 aromatic carbocycles. The van der Waals surface area contributed by atoms with Gasteiger partial charge >= 0.3 is 22.6 Å². The van der Waals surface area contributed by atoms with Crippen molar-refractivity contribution in [3.8, 4) is 0 Å². The average molecular weight is 604 g/mol. The van der Waals surface area contributed by atoms with Gasteiger partial charge < -0.3 is 23.1 Å². The molecule has 1 fully saturated rings. The van der Waals surface area contributed by atoms with E-state index in [0.29, 0.717) is 5.92 Å². The number of nitrogens with zero attached hydrogens (tertiary/aromatic N) is 7. The normalized spacial score (nSPS) is 11.1. The molecule has 0 amide bonds. The Hall–Kier alpha value is -2.98. The molecule has 0 spiro atoms. The van der Waals surface area contributed by atoms with Gasteiger partial charge in [-0.25, -0.2) is 21.5 Å². The van der Waals surface area contributed by atoms with Gasteiger partial charge in [0.2, 0.25) is 12.7 Å². The predicted molar refractivity (Wildman–Crippen MR) is 111 cm³/mol. The Bertz CT molecular complexity index is 821. The number of imidazole rings is 3. The monoisotopic (exact) mass is 604 g/mol. The third kappa shape index (κ3) is 12.7. The summed E-state index contributed by atoms with van der Waals surface area (Å²) in [4.78, 5) is 24.9. The Morgan fingerprint density at radius 3 is 1.34 bits per heavy atom. The minimum atomic E-state index is -0.167. The molecule has 1 aliphatic carbocycles. The molecular formula is C20H23BN7O3W-2. The van der Waals surface area contributed by atoms with Crippen LogP contribution >= 0.6 is 0 Å². The van der Waals surface area contributed by atoms with Crippen molar-refractivity contribution in [3.63, 3.8) is 0 Å². The summed E-state index contributed by atoms with van der Waals surface area (Å²) in [5.41, 5.74) is -0.167. The van der Waals surface area contributed by atoms with E-state index < -0.39 is 0 Å². The molecule has 10 nitrogen and oxygen atoms in total. The first-order valence-electron chi connectivity index (χ1n) is 9.04. The number of rotatable bonds is 4. The van der Waals surface area contributed by atoms with Gasteiger partial charge in [-0.2, -0.15) is 0 Å². The third-order valence-electron chi connectivity index (χ3n) is 3.45. The molecule has 0 bridgehead atoms. The summed E-state index contributed by atoms with van der Waals surface area (Å²) in [6, 6.07) is 0. The second-order valence-electron chi connectivity index (χ2n) is 7.05. The second-order valence-corrected chi connectivity index (χ2v) is 7.05. The molecule has 32 heavy (non-hydrogen) atoms. The quantitative estimate of drug-likeness (QED) is 0.259. The molecule has 0 aliphatic heterocycles. The maximum atomic E-state index is 9.44. The van der Waals surface area contributed by atoms with Crippen LogP contribution in [0.5, 0.6) is 0 Å². The van der Waals surface area contributed by atoms with E-state index in [2.05, 4.69) is 33.1 Å². The van der Waals surface area contributed by atoms with Gasteiger partial charge in [-0.15, -0.1) is 5.92 Å². The minimum Gasteiger partial charge on any atom is -0.498 e. The molecule has 0 unspecified atom stereocenters. The standard InChI is InChI=1S/C9H9BN6.C5H9N.C4H5O.2CO.W/c1-4-14(7-11-1)10(15-5-2-12-8-15)16-6-3-13-9-16;1-5(2,3)6-4;5-3-4-1-2-4;2*1-2;/h1-9H;1-3H3;4H,1-2H2;;;/q-1;;-1;;;. The van der Waals surface area contributed by atoms with Gasteiger partial charge in [-0.3, -0.25) is 6.29 Å². The van der Waals surface area contributed by atoms with E-state index in [0.717, 1.165) is 12.8 Å². The van der Waals surface area contributed by atoms with Crippen molar-refractivity contribution in [3.05, 3.63) is 80.9 Å². The van der Waals surface area contributed by atoms with E-state index in [-0.39, 0.29) is 33.7 Å². The molecule has 1 radical (unpaired) electrons. The van der Waals surface area contributed by atoms with Gasteiger partial charge in [0, 0.05) is 60.4 Å². The molecule has 12 heteroatoms. The van der Waals surface area contributed by atoms with Gasteiger partial charge in [-0.05, 0) is 18.6 Å². The molecular weight excluding hydrogens is 581 g/mol. The first kappa shape index (κ1) is 31.2. The fourth-order valence-corrected chi connectivity index (χ4v) is 1.88. The maximum Gasteiger partial charge on any atom is 0.205 e. The van der Waals surface area contributed by atoms with Crippen molar-refractivity contribution in [1.82, 2.24) is 28.4 Å². The van der Waals surface area contributed by atoms with E-state index in [1.165, 1.54) is 0 Å². The molecule has 0 N–H and O–H groups in total. The van der Waals surface area contributed by atoms with Gasteiger partial charge in [-0.1, -0.05) is 12.8 Å². The van der Waals surface area contributed by atoms with Gasteiger partial charge in [0.1, 0.15) is 0 Å². The van der Waals surface area contributed by atoms with Crippen LogP contribution in [0.2, 0.25) is 0 Å². The van der Waals surface area contributed by atoms with Gasteiger partial charge in [0.25, 0.3) is 0 Å². The number of aromatic nitrogens is 6. The van der Waals surface area contributed by atoms with E-state index in [1.54, 1.807) is 37.6 Å². The smallest absolute Gasteiger partial charge is 0.205 e. The SMILES string of the molecule is O=[C-]C1CC1.[C-]#[N+]C(C)(C)C.[C-]#[O+].[C-]#[O+].[W].c1cn([B-](n2ccnc2)n2ccnc2)cn1. The summed E-state index contributed by atoms with van der Waals surface area (Å²) in [5, 5.41) is 0. The summed E-state index contributed by atoms with van der Waals surface area (Å²) in [7, 11) is -0.0486. The molecule has 3 aromatic rings. The molecule has 3 aromatic heterocycles. The Balaban J connectivity index is 0. The Labute approximate surface area is 202 Å². The van der Waals surface area contributed by atoms with Crippen LogP contribution in [-0.4, -0.2) is 47.3 Å². The van der Waals surface area contributed by atoms with Crippen LogP contribution in [0.15, 0.2) is 56.2 Å². The van der Waals surface area contributed by atoms with Crippen molar-refractivity contribution in [2.24, 2.45) is 5.92 Å². The fraction of sp³-hybridized carbons (Fsp3) is 0.350. The minimum absolute atomic E-state index is 0. The summed E-state index contributed by atoms with van der Waals surface area (Å²) >= 11 is 0. The van der Waals surface area contributed by atoms with E-state index in [9.17, 15) is 4.79 Å². The van der Waals surface area contributed by atoms with Crippen molar-refractivity contribution in [2.45, 2.75) is 39.2 Å². The number of hydrogen-bond donors (Lipinski definition) is 0. The molecule has 4 rings (SSSR count). The Morgan fingerprint density at radius 1 is 0.906 bits per heavy atom. The Morgan fingerprint density at radius 2 is 1.22 bits per heavy atom. The van der Waals surface area contributed by atoms with Gasteiger partial charge in [0.05, 0.1) is 19.0 Å². The zero-order chi connectivity index (χ0) is 23.7. The number of carbonyl (C=O) groups excluding carboxylic acids is 1. The van der Waals surface area contributed by atoms with Crippen molar-refractivity contribution in [2.75, 3.05) is 0 Å². The van der Waals surface area contributed by atoms with Crippen molar-refractivity contribution >= 4 is 13.4 Å². The van der Waals surface area contributed by atoms with Gasteiger partial charge in [0.15, 0.2) is 0 Å². The zero-order valence-corrected chi connectivity index (χ0v) is 21.0. The second kappa shape index (κ2) is 17.7. The predicted octanol–water partition coefficient (Wildman–Crippen LogP) is 2.34. The van der Waals surface area contributed by atoms with Crippen molar-refractivity contribution in [1.29, 1.82) is 0 Å². The first-order chi connectivity index (χ1) is 14.9. The average Bonchev–Trinajstić information content (AvgIpc) is 3.25. The maximum absolute atomic E-state index is 9.44. The van der Waals surface area contributed by atoms with Crippen LogP contribution in [0.3, 0.4) is 0 Å². The largest absolute Gasteiger partial charge is 0.498 e. The summed E-state index contributed by atoms with van der Waals surface area (Å²) in [6.07, 6.45) is 20.3.